The highest BCUT2D eigenvalue weighted by atomic mass is 16.6. The molecule has 0 saturated carbocycles. The maximum atomic E-state index is 11.4. The Morgan fingerprint density at radius 1 is 1.40 bits per heavy atom. The molecule has 7 nitrogen and oxygen atoms in total. The molecule has 1 N–H and O–H groups in total. The van der Waals surface area contributed by atoms with Gasteiger partial charge in [0.05, 0.1) is 29.3 Å². The van der Waals surface area contributed by atoms with Crippen molar-refractivity contribution in [3.05, 3.63) is 40.0 Å². The highest BCUT2D eigenvalue weighted by Crippen LogP contribution is 2.40. The molecule has 1 aromatic rings. The molecule has 1 aromatic carbocycles. The number of hydrogen-bond donors (Lipinski definition) is 1. The SMILES string of the molecule is COC(=O)/C=C/c1ccc(NC2CC(C)(C)OC2(C)C)c([N+](=O)[O-])c1. The third kappa shape index (κ3) is 4.57. The van der Waals surface area contributed by atoms with Crippen LogP contribution in [0.25, 0.3) is 6.08 Å². The van der Waals surface area contributed by atoms with Gasteiger partial charge in [-0.25, -0.2) is 4.79 Å². The highest BCUT2D eigenvalue weighted by Gasteiger charge is 2.46. The number of nitrogens with one attached hydrogen (secondary N) is 1. The molecule has 1 unspecified atom stereocenters. The third-order valence-electron chi connectivity index (χ3n) is 4.24. The molecule has 0 radical (unpaired) electrons. The number of rotatable bonds is 5. The summed E-state index contributed by atoms with van der Waals surface area (Å²) >= 11 is 0. The second-order valence-electron chi connectivity index (χ2n) is 7.26. The summed E-state index contributed by atoms with van der Waals surface area (Å²) in [4.78, 5) is 22.2. The summed E-state index contributed by atoms with van der Waals surface area (Å²) in [7, 11) is 1.27. The second kappa shape index (κ2) is 6.84. The van der Waals surface area contributed by atoms with E-state index in [9.17, 15) is 14.9 Å². The van der Waals surface area contributed by atoms with Crippen LogP contribution >= 0.6 is 0 Å². The van der Waals surface area contributed by atoms with E-state index in [1.165, 1.54) is 25.3 Å². The van der Waals surface area contributed by atoms with Gasteiger partial charge in [0.1, 0.15) is 5.69 Å². The number of carbonyl (C=O) groups is 1. The van der Waals surface area contributed by atoms with Gasteiger partial charge in [-0.2, -0.15) is 0 Å². The molecule has 2 rings (SSSR count). The van der Waals surface area contributed by atoms with Gasteiger partial charge in [-0.1, -0.05) is 6.07 Å². The van der Waals surface area contributed by atoms with Crippen LogP contribution in [0.2, 0.25) is 0 Å². The lowest BCUT2D eigenvalue weighted by Gasteiger charge is -2.28. The zero-order valence-corrected chi connectivity index (χ0v) is 15.2. The molecule has 1 saturated heterocycles. The van der Waals surface area contributed by atoms with Crippen LogP contribution in [0.4, 0.5) is 11.4 Å². The van der Waals surface area contributed by atoms with Crippen LogP contribution in [0.5, 0.6) is 0 Å². The lowest BCUT2D eigenvalue weighted by Crippen LogP contribution is -2.38. The van der Waals surface area contributed by atoms with Gasteiger partial charge < -0.3 is 14.8 Å². The molecule has 0 spiro atoms. The van der Waals surface area contributed by atoms with Crippen LogP contribution < -0.4 is 5.32 Å². The van der Waals surface area contributed by atoms with Gasteiger partial charge in [0.25, 0.3) is 5.69 Å². The van der Waals surface area contributed by atoms with Gasteiger partial charge in [-0.15, -0.1) is 0 Å². The molecule has 7 heteroatoms. The number of carbonyl (C=O) groups excluding carboxylic acids is 1. The van der Waals surface area contributed by atoms with E-state index in [0.717, 1.165) is 6.42 Å². The number of anilines is 1. The number of nitro groups is 1. The predicted octanol–water partition coefficient (Wildman–Crippen LogP) is 3.54. The quantitative estimate of drug-likeness (QED) is 0.379. The number of methoxy groups -OCH3 is 1. The lowest BCUT2D eigenvalue weighted by atomic mass is 9.94. The molecule has 0 aromatic heterocycles. The van der Waals surface area contributed by atoms with Gasteiger partial charge in [0.15, 0.2) is 0 Å². The van der Waals surface area contributed by atoms with Crippen LogP contribution in [0.1, 0.15) is 39.7 Å². The first kappa shape index (κ1) is 18.9. The van der Waals surface area contributed by atoms with E-state index in [-0.39, 0.29) is 17.3 Å². The number of hydrogen-bond acceptors (Lipinski definition) is 6. The monoisotopic (exact) mass is 348 g/mol. The summed E-state index contributed by atoms with van der Waals surface area (Å²) in [5.41, 5.74) is 0.192. The maximum Gasteiger partial charge on any atom is 0.330 e. The molecule has 25 heavy (non-hydrogen) atoms. The van der Waals surface area contributed by atoms with Crippen molar-refractivity contribution in [2.24, 2.45) is 0 Å². The number of benzene rings is 1. The fraction of sp³-hybridized carbons (Fsp3) is 0.500. The Balaban J connectivity index is 2.28. The topological polar surface area (TPSA) is 90.7 Å². The van der Waals surface area contributed by atoms with Crippen LogP contribution in [0.15, 0.2) is 24.3 Å². The lowest BCUT2D eigenvalue weighted by molar-refractivity contribution is -0.384. The summed E-state index contributed by atoms with van der Waals surface area (Å²) in [5, 5.41) is 14.7. The van der Waals surface area contributed by atoms with Crippen molar-refractivity contribution in [1.29, 1.82) is 0 Å². The zero-order chi connectivity index (χ0) is 18.8. The van der Waals surface area contributed by atoms with Gasteiger partial charge in [0.2, 0.25) is 0 Å². The van der Waals surface area contributed by atoms with Crippen molar-refractivity contribution in [2.45, 2.75) is 51.4 Å². The van der Waals surface area contributed by atoms with Crippen molar-refractivity contribution in [2.75, 3.05) is 12.4 Å². The molecule has 0 bridgehead atoms. The van der Waals surface area contributed by atoms with E-state index >= 15 is 0 Å². The standard InChI is InChI=1S/C18H24N2O5/c1-17(2)11-15(18(3,4)25-17)19-13-8-6-12(7-9-16(21)24-5)10-14(13)20(22)23/h6-10,15,19H,11H2,1-5H3/b9-7+. The molecule has 1 fully saturated rings. The normalized spacial score (nSPS) is 21.2. The Hall–Kier alpha value is -2.41. The Morgan fingerprint density at radius 3 is 2.60 bits per heavy atom. The van der Waals surface area contributed by atoms with Crippen LogP contribution in [-0.4, -0.2) is 35.2 Å². The van der Waals surface area contributed by atoms with Crippen molar-refractivity contribution in [1.82, 2.24) is 0 Å². The average Bonchev–Trinajstić information content (AvgIpc) is 2.72. The van der Waals surface area contributed by atoms with Crippen LogP contribution in [0, 0.1) is 10.1 Å². The minimum Gasteiger partial charge on any atom is -0.466 e. The number of esters is 1. The molecule has 1 aliphatic rings. The number of nitrogens with zero attached hydrogens (tertiary/aromatic N) is 1. The Morgan fingerprint density at radius 2 is 2.08 bits per heavy atom. The third-order valence-corrected chi connectivity index (χ3v) is 4.24. The molecule has 1 aliphatic heterocycles. The first-order chi connectivity index (χ1) is 11.5. The molecular weight excluding hydrogens is 324 g/mol. The molecule has 1 heterocycles. The van der Waals surface area contributed by atoms with Gasteiger partial charge in [-0.3, -0.25) is 10.1 Å². The first-order valence-corrected chi connectivity index (χ1v) is 8.05. The average molecular weight is 348 g/mol. The van der Waals surface area contributed by atoms with E-state index < -0.39 is 16.5 Å². The fourth-order valence-corrected chi connectivity index (χ4v) is 3.13. The fourth-order valence-electron chi connectivity index (χ4n) is 3.13. The first-order valence-electron chi connectivity index (χ1n) is 8.05. The van der Waals surface area contributed by atoms with Crippen molar-refractivity contribution in [3.8, 4) is 0 Å². The minimum absolute atomic E-state index is 0.0486. The summed E-state index contributed by atoms with van der Waals surface area (Å²) in [6.07, 6.45) is 3.44. The van der Waals surface area contributed by atoms with Gasteiger partial charge in [0, 0.05) is 12.1 Å². The molecule has 0 amide bonds. The summed E-state index contributed by atoms with van der Waals surface area (Å²) in [6.45, 7) is 7.95. The molecular formula is C18H24N2O5. The second-order valence-corrected chi connectivity index (χ2v) is 7.26. The summed E-state index contributed by atoms with van der Waals surface area (Å²) < 4.78 is 10.5. The molecule has 136 valence electrons. The Bertz CT molecular complexity index is 709. The van der Waals surface area contributed by atoms with E-state index in [2.05, 4.69) is 10.1 Å². The Labute approximate surface area is 147 Å². The van der Waals surface area contributed by atoms with Crippen molar-refractivity contribution < 1.29 is 19.2 Å². The predicted molar refractivity (Wildman–Crippen MR) is 95.4 cm³/mol. The summed E-state index contributed by atoms with van der Waals surface area (Å²) in [5.74, 6) is -0.517. The van der Waals surface area contributed by atoms with Gasteiger partial charge >= 0.3 is 5.97 Å². The Kier molecular flexibility index (Phi) is 5.17. The number of nitro benzene ring substituents is 1. The smallest absolute Gasteiger partial charge is 0.330 e. The maximum absolute atomic E-state index is 11.4. The largest absolute Gasteiger partial charge is 0.466 e. The van der Waals surface area contributed by atoms with Crippen molar-refractivity contribution >= 4 is 23.4 Å². The number of ether oxygens (including phenoxy) is 2. The van der Waals surface area contributed by atoms with Crippen molar-refractivity contribution in [3.63, 3.8) is 0 Å². The van der Waals surface area contributed by atoms with Gasteiger partial charge in [-0.05, 0) is 51.8 Å². The van der Waals surface area contributed by atoms with E-state index in [0.29, 0.717) is 11.3 Å². The summed E-state index contributed by atoms with van der Waals surface area (Å²) in [6, 6.07) is 4.73. The van der Waals surface area contributed by atoms with Crippen LogP contribution in [-0.2, 0) is 14.3 Å². The van der Waals surface area contributed by atoms with E-state index in [1.54, 1.807) is 12.1 Å². The van der Waals surface area contributed by atoms with E-state index in [4.69, 9.17) is 4.74 Å². The molecule has 1 atom stereocenters. The zero-order valence-electron chi connectivity index (χ0n) is 15.2. The highest BCUT2D eigenvalue weighted by molar-refractivity contribution is 5.87. The van der Waals surface area contributed by atoms with E-state index in [1.807, 2.05) is 27.7 Å². The van der Waals surface area contributed by atoms with Crippen LogP contribution in [0.3, 0.4) is 0 Å². The minimum atomic E-state index is -0.517. The molecule has 0 aliphatic carbocycles.